The van der Waals surface area contributed by atoms with E-state index in [2.05, 4.69) is 17.4 Å². The molecule has 3 nitrogen and oxygen atoms in total. The number of hydrogen-bond acceptors (Lipinski definition) is 3. The zero-order valence-corrected chi connectivity index (χ0v) is 8.01. The lowest BCUT2D eigenvalue weighted by atomic mass is 10.1. The van der Waals surface area contributed by atoms with Crippen LogP contribution in [0.5, 0.6) is 0 Å². The quantitative estimate of drug-likeness (QED) is 0.321. The Morgan fingerprint density at radius 1 is 1.00 bits per heavy atom. The molecule has 0 heterocycles. The minimum atomic E-state index is 0.740. The SMILES string of the molecule is CCCCCCCCCNOO. The van der Waals surface area contributed by atoms with Gasteiger partial charge < -0.3 is 0 Å². The molecular weight excluding hydrogens is 154 g/mol. The van der Waals surface area contributed by atoms with Gasteiger partial charge in [0.05, 0.1) is 0 Å². The molecule has 0 unspecified atom stereocenters. The first kappa shape index (κ1) is 11.9. The van der Waals surface area contributed by atoms with Crippen LogP contribution in [0.3, 0.4) is 0 Å². The van der Waals surface area contributed by atoms with Gasteiger partial charge in [0.2, 0.25) is 0 Å². The molecule has 0 aromatic heterocycles. The van der Waals surface area contributed by atoms with E-state index in [-0.39, 0.29) is 0 Å². The fourth-order valence-electron chi connectivity index (χ4n) is 1.20. The highest BCUT2D eigenvalue weighted by Crippen LogP contribution is 2.05. The zero-order valence-electron chi connectivity index (χ0n) is 8.01. The minimum absolute atomic E-state index is 0.740. The first-order valence-electron chi connectivity index (χ1n) is 4.95. The van der Waals surface area contributed by atoms with Gasteiger partial charge in [0.25, 0.3) is 0 Å². The first-order valence-corrected chi connectivity index (χ1v) is 4.95. The summed E-state index contributed by atoms with van der Waals surface area (Å²) in [6, 6.07) is 0. The Morgan fingerprint density at radius 3 is 2.17 bits per heavy atom. The van der Waals surface area contributed by atoms with Gasteiger partial charge in [-0.3, -0.25) is 0 Å². The molecule has 0 aliphatic heterocycles. The van der Waals surface area contributed by atoms with E-state index in [4.69, 9.17) is 5.26 Å². The maximum absolute atomic E-state index is 7.93. The Kier molecular flexibility index (Phi) is 10.8. The van der Waals surface area contributed by atoms with Gasteiger partial charge in [-0.15, -0.1) is 4.99 Å². The molecule has 0 atom stereocenters. The van der Waals surface area contributed by atoms with Crippen LogP contribution in [0.4, 0.5) is 0 Å². The molecule has 0 aliphatic carbocycles. The molecule has 0 saturated carbocycles. The van der Waals surface area contributed by atoms with Gasteiger partial charge >= 0.3 is 0 Å². The van der Waals surface area contributed by atoms with Crippen LogP contribution in [0, 0.1) is 0 Å². The Labute approximate surface area is 75.0 Å². The average Bonchev–Trinajstić information content (AvgIpc) is 2.10. The summed E-state index contributed by atoms with van der Waals surface area (Å²) < 4.78 is 0. The second-order valence-corrected chi connectivity index (χ2v) is 3.11. The summed E-state index contributed by atoms with van der Waals surface area (Å²) in [6.07, 6.45) is 8.96. The van der Waals surface area contributed by atoms with Crippen molar-refractivity contribution < 1.29 is 10.2 Å². The Morgan fingerprint density at radius 2 is 1.58 bits per heavy atom. The molecule has 0 aromatic rings. The van der Waals surface area contributed by atoms with Crippen molar-refractivity contribution in [2.24, 2.45) is 0 Å². The molecule has 12 heavy (non-hydrogen) atoms. The van der Waals surface area contributed by atoms with Crippen molar-refractivity contribution in [3.05, 3.63) is 0 Å². The summed E-state index contributed by atoms with van der Waals surface area (Å²) in [4.78, 5) is 3.74. The van der Waals surface area contributed by atoms with Crippen LogP contribution >= 0.6 is 0 Å². The second kappa shape index (κ2) is 10.9. The van der Waals surface area contributed by atoms with Crippen LogP contribution < -0.4 is 5.48 Å². The van der Waals surface area contributed by atoms with Crippen LogP contribution in [0.25, 0.3) is 0 Å². The molecule has 0 saturated heterocycles. The van der Waals surface area contributed by atoms with Gasteiger partial charge in [0, 0.05) is 6.54 Å². The highest BCUT2D eigenvalue weighted by molar-refractivity contribution is 4.45. The van der Waals surface area contributed by atoms with E-state index in [1.54, 1.807) is 0 Å². The summed E-state index contributed by atoms with van der Waals surface area (Å²) in [5.41, 5.74) is 2.41. The van der Waals surface area contributed by atoms with Crippen LogP contribution in [0.2, 0.25) is 0 Å². The van der Waals surface area contributed by atoms with Crippen molar-refractivity contribution >= 4 is 0 Å². The summed E-state index contributed by atoms with van der Waals surface area (Å²) in [6.45, 7) is 2.97. The van der Waals surface area contributed by atoms with Crippen LogP contribution in [0.1, 0.15) is 51.9 Å². The third-order valence-corrected chi connectivity index (χ3v) is 1.95. The van der Waals surface area contributed by atoms with E-state index in [9.17, 15) is 0 Å². The van der Waals surface area contributed by atoms with Gasteiger partial charge in [0.1, 0.15) is 0 Å². The Hall–Kier alpha value is -0.120. The minimum Gasteiger partial charge on any atom is -0.233 e. The summed E-state index contributed by atoms with van der Waals surface area (Å²) in [5.74, 6) is 0. The lowest BCUT2D eigenvalue weighted by molar-refractivity contribution is -0.291. The van der Waals surface area contributed by atoms with E-state index < -0.39 is 0 Å². The van der Waals surface area contributed by atoms with E-state index in [0.29, 0.717) is 0 Å². The Balaban J connectivity index is 2.73. The van der Waals surface area contributed by atoms with E-state index >= 15 is 0 Å². The fraction of sp³-hybridized carbons (Fsp3) is 1.00. The van der Waals surface area contributed by atoms with Gasteiger partial charge in [-0.05, 0) is 6.42 Å². The van der Waals surface area contributed by atoms with Crippen molar-refractivity contribution in [2.75, 3.05) is 6.54 Å². The number of unbranched alkanes of at least 4 members (excludes halogenated alkanes) is 6. The van der Waals surface area contributed by atoms with Crippen molar-refractivity contribution in [3.63, 3.8) is 0 Å². The fourth-order valence-corrected chi connectivity index (χ4v) is 1.20. The van der Waals surface area contributed by atoms with Gasteiger partial charge in [-0.1, -0.05) is 45.4 Å². The smallest absolute Gasteiger partial charge is 0.0239 e. The van der Waals surface area contributed by atoms with E-state index in [1.807, 2.05) is 0 Å². The number of rotatable bonds is 9. The molecule has 0 aromatic carbocycles. The molecule has 0 spiro atoms. The maximum atomic E-state index is 7.93. The lowest BCUT2D eigenvalue weighted by Crippen LogP contribution is -2.12. The predicted octanol–water partition coefficient (Wildman–Crippen LogP) is 2.73. The standard InChI is InChI=1S/C9H21NO2/c1-2-3-4-5-6-7-8-9-10-12-11/h10-11H,2-9H2,1H3. The zero-order chi connectivity index (χ0) is 9.07. The van der Waals surface area contributed by atoms with Crippen molar-refractivity contribution in [1.82, 2.24) is 5.48 Å². The summed E-state index contributed by atoms with van der Waals surface area (Å²) >= 11 is 0. The Bertz CT molecular complexity index is 68.9. The van der Waals surface area contributed by atoms with Crippen molar-refractivity contribution in [2.45, 2.75) is 51.9 Å². The highest BCUT2D eigenvalue weighted by Gasteiger charge is 1.90. The lowest BCUT2D eigenvalue weighted by Gasteiger charge is -2.00. The summed E-state index contributed by atoms with van der Waals surface area (Å²) in [5, 5.41) is 7.93. The third kappa shape index (κ3) is 9.88. The van der Waals surface area contributed by atoms with Crippen LogP contribution in [-0.4, -0.2) is 11.8 Å². The predicted molar refractivity (Wildman–Crippen MR) is 49.7 cm³/mol. The highest BCUT2D eigenvalue weighted by atomic mass is 17.2. The summed E-state index contributed by atoms with van der Waals surface area (Å²) in [7, 11) is 0. The molecule has 2 N–H and O–H groups in total. The van der Waals surface area contributed by atoms with Gasteiger partial charge in [0.15, 0.2) is 0 Å². The van der Waals surface area contributed by atoms with Gasteiger partial charge in [-0.2, -0.15) is 5.48 Å². The van der Waals surface area contributed by atoms with Crippen molar-refractivity contribution in [3.8, 4) is 0 Å². The molecule has 0 radical (unpaired) electrons. The van der Waals surface area contributed by atoms with Crippen LogP contribution in [0.15, 0.2) is 0 Å². The number of hydrogen-bond donors (Lipinski definition) is 2. The molecular formula is C9H21NO2. The largest absolute Gasteiger partial charge is 0.233 e. The topological polar surface area (TPSA) is 41.5 Å². The monoisotopic (exact) mass is 175 g/mol. The number of nitrogens with one attached hydrogen (secondary N) is 1. The molecule has 0 amide bonds. The van der Waals surface area contributed by atoms with Crippen LogP contribution in [-0.2, 0) is 4.99 Å². The van der Waals surface area contributed by atoms with Crippen molar-refractivity contribution in [1.29, 1.82) is 0 Å². The van der Waals surface area contributed by atoms with E-state index in [1.165, 1.54) is 38.5 Å². The molecule has 0 fully saturated rings. The molecule has 0 aliphatic rings. The third-order valence-electron chi connectivity index (χ3n) is 1.95. The van der Waals surface area contributed by atoms with Gasteiger partial charge in [-0.25, -0.2) is 5.26 Å². The van der Waals surface area contributed by atoms with E-state index in [0.717, 1.165) is 13.0 Å². The average molecular weight is 175 g/mol. The molecule has 0 bridgehead atoms. The first-order chi connectivity index (χ1) is 5.91. The maximum Gasteiger partial charge on any atom is 0.0239 e. The number of hydroxylamine groups is 1. The molecule has 3 heteroatoms. The second-order valence-electron chi connectivity index (χ2n) is 3.11. The molecule has 0 rings (SSSR count). The normalized spacial score (nSPS) is 10.5. The molecule has 74 valence electrons.